The SMILES string of the molecule is CCC(N)C(Sc1cnn(C)c1)c1ccc(F)cc1. The van der Waals surface area contributed by atoms with Crippen molar-refractivity contribution < 1.29 is 4.39 Å². The molecule has 0 aliphatic rings. The molecule has 2 rings (SSSR count). The number of nitrogens with zero attached hydrogens (tertiary/aromatic N) is 2. The average molecular weight is 279 g/mol. The highest BCUT2D eigenvalue weighted by Crippen LogP contribution is 2.37. The van der Waals surface area contributed by atoms with Crippen LogP contribution in [0.3, 0.4) is 0 Å². The Morgan fingerprint density at radius 3 is 2.58 bits per heavy atom. The summed E-state index contributed by atoms with van der Waals surface area (Å²) < 4.78 is 14.8. The molecule has 2 N–H and O–H groups in total. The van der Waals surface area contributed by atoms with Crippen LogP contribution < -0.4 is 5.73 Å². The van der Waals surface area contributed by atoms with E-state index in [1.807, 2.05) is 19.4 Å². The molecule has 0 spiro atoms. The van der Waals surface area contributed by atoms with E-state index in [0.29, 0.717) is 0 Å². The van der Waals surface area contributed by atoms with Gasteiger partial charge < -0.3 is 5.73 Å². The van der Waals surface area contributed by atoms with E-state index in [1.165, 1.54) is 12.1 Å². The molecular weight excluding hydrogens is 261 g/mol. The number of hydrogen-bond donors (Lipinski definition) is 1. The predicted octanol–water partition coefficient (Wildman–Crippen LogP) is 3.13. The van der Waals surface area contributed by atoms with E-state index >= 15 is 0 Å². The molecule has 5 heteroatoms. The second-order valence-corrected chi connectivity index (χ2v) is 5.73. The molecule has 0 bridgehead atoms. The van der Waals surface area contributed by atoms with Crippen LogP contribution in [0.25, 0.3) is 0 Å². The van der Waals surface area contributed by atoms with Crippen LogP contribution in [0.1, 0.15) is 24.2 Å². The van der Waals surface area contributed by atoms with Crippen molar-refractivity contribution in [3.8, 4) is 0 Å². The molecule has 0 aliphatic heterocycles. The maximum atomic E-state index is 13.0. The number of thioether (sulfide) groups is 1. The van der Waals surface area contributed by atoms with Gasteiger partial charge in [-0.3, -0.25) is 4.68 Å². The lowest BCUT2D eigenvalue weighted by Gasteiger charge is -2.22. The smallest absolute Gasteiger partial charge is 0.123 e. The van der Waals surface area contributed by atoms with Gasteiger partial charge in [0.2, 0.25) is 0 Å². The third kappa shape index (κ3) is 3.58. The molecule has 2 aromatic rings. The van der Waals surface area contributed by atoms with Crippen molar-refractivity contribution in [2.45, 2.75) is 29.5 Å². The minimum atomic E-state index is -0.223. The first-order chi connectivity index (χ1) is 9.10. The van der Waals surface area contributed by atoms with Gasteiger partial charge >= 0.3 is 0 Å². The van der Waals surface area contributed by atoms with Gasteiger partial charge in [-0.25, -0.2) is 4.39 Å². The minimum Gasteiger partial charge on any atom is -0.326 e. The maximum absolute atomic E-state index is 13.0. The van der Waals surface area contributed by atoms with E-state index in [9.17, 15) is 4.39 Å². The number of hydrogen-bond acceptors (Lipinski definition) is 3. The summed E-state index contributed by atoms with van der Waals surface area (Å²) in [5, 5.41) is 4.26. The largest absolute Gasteiger partial charge is 0.326 e. The van der Waals surface area contributed by atoms with Crippen molar-refractivity contribution in [1.29, 1.82) is 0 Å². The zero-order valence-electron chi connectivity index (χ0n) is 11.1. The first-order valence-electron chi connectivity index (χ1n) is 6.26. The second-order valence-electron chi connectivity index (χ2n) is 4.51. The summed E-state index contributed by atoms with van der Waals surface area (Å²) in [7, 11) is 1.89. The van der Waals surface area contributed by atoms with Crippen molar-refractivity contribution in [1.82, 2.24) is 9.78 Å². The van der Waals surface area contributed by atoms with E-state index in [-0.39, 0.29) is 17.1 Å². The Labute approximate surface area is 117 Å². The van der Waals surface area contributed by atoms with Gasteiger partial charge in [-0.05, 0) is 24.1 Å². The van der Waals surface area contributed by atoms with Gasteiger partial charge in [0.15, 0.2) is 0 Å². The molecule has 1 aromatic carbocycles. The monoisotopic (exact) mass is 279 g/mol. The molecule has 2 unspecified atom stereocenters. The summed E-state index contributed by atoms with van der Waals surface area (Å²) in [5.74, 6) is -0.223. The van der Waals surface area contributed by atoms with Crippen LogP contribution in [0.2, 0.25) is 0 Å². The molecule has 19 heavy (non-hydrogen) atoms. The molecule has 0 fully saturated rings. The lowest BCUT2D eigenvalue weighted by atomic mass is 10.0. The van der Waals surface area contributed by atoms with Crippen LogP contribution in [-0.2, 0) is 7.05 Å². The number of nitrogens with two attached hydrogens (primary N) is 1. The Hall–Kier alpha value is -1.33. The lowest BCUT2D eigenvalue weighted by molar-refractivity contribution is 0.618. The van der Waals surface area contributed by atoms with E-state index in [2.05, 4.69) is 12.0 Å². The van der Waals surface area contributed by atoms with Crippen LogP contribution in [0, 0.1) is 5.82 Å². The van der Waals surface area contributed by atoms with Gasteiger partial charge in [-0.15, -0.1) is 11.8 Å². The second kappa shape index (κ2) is 6.21. The lowest BCUT2D eigenvalue weighted by Crippen LogP contribution is -2.25. The van der Waals surface area contributed by atoms with Crippen molar-refractivity contribution in [3.63, 3.8) is 0 Å². The number of rotatable bonds is 5. The Morgan fingerprint density at radius 2 is 2.05 bits per heavy atom. The average Bonchev–Trinajstić information content (AvgIpc) is 2.82. The zero-order chi connectivity index (χ0) is 13.8. The summed E-state index contributed by atoms with van der Waals surface area (Å²) in [4.78, 5) is 1.07. The molecule has 0 aliphatic carbocycles. The van der Waals surface area contributed by atoms with Crippen LogP contribution >= 0.6 is 11.8 Å². The number of halogens is 1. The molecule has 1 heterocycles. The molecule has 0 radical (unpaired) electrons. The third-order valence-electron chi connectivity index (χ3n) is 3.00. The summed E-state index contributed by atoms with van der Waals surface area (Å²) >= 11 is 1.67. The molecule has 2 atom stereocenters. The van der Waals surface area contributed by atoms with Gasteiger partial charge in [0.05, 0.1) is 6.20 Å². The van der Waals surface area contributed by atoms with Crippen LogP contribution in [0.15, 0.2) is 41.6 Å². The highest BCUT2D eigenvalue weighted by Gasteiger charge is 2.20. The van der Waals surface area contributed by atoms with E-state index in [1.54, 1.807) is 28.6 Å². The zero-order valence-corrected chi connectivity index (χ0v) is 11.9. The Balaban J connectivity index is 2.23. The summed E-state index contributed by atoms with van der Waals surface area (Å²) in [6, 6.07) is 6.59. The normalized spacial score (nSPS) is 14.3. The quantitative estimate of drug-likeness (QED) is 0.855. The Kier molecular flexibility index (Phi) is 4.61. The summed E-state index contributed by atoms with van der Waals surface area (Å²) in [6.07, 6.45) is 4.66. The van der Waals surface area contributed by atoms with Crippen molar-refractivity contribution in [3.05, 3.63) is 48.0 Å². The molecule has 102 valence electrons. The fraction of sp³-hybridized carbons (Fsp3) is 0.357. The maximum Gasteiger partial charge on any atom is 0.123 e. The van der Waals surface area contributed by atoms with Gasteiger partial charge in [-0.2, -0.15) is 5.10 Å². The van der Waals surface area contributed by atoms with Crippen LogP contribution in [0.4, 0.5) is 4.39 Å². The minimum absolute atomic E-state index is 0.0238. The Bertz CT molecular complexity index is 524. The summed E-state index contributed by atoms with van der Waals surface area (Å²) in [5.41, 5.74) is 7.25. The molecule has 0 amide bonds. The van der Waals surface area contributed by atoms with Crippen molar-refractivity contribution in [2.24, 2.45) is 12.8 Å². The van der Waals surface area contributed by atoms with E-state index < -0.39 is 0 Å². The molecule has 0 saturated carbocycles. The van der Waals surface area contributed by atoms with Gasteiger partial charge in [0, 0.05) is 29.4 Å². The fourth-order valence-electron chi connectivity index (χ4n) is 1.88. The highest BCUT2D eigenvalue weighted by atomic mass is 32.2. The molecule has 1 aromatic heterocycles. The van der Waals surface area contributed by atoms with Gasteiger partial charge in [0.25, 0.3) is 0 Å². The fourth-order valence-corrected chi connectivity index (χ4v) is 3.15. The molecule has 0 saturated heterocycles. The Morgan fingerprint density at radius 1 is 1.37 bits per heavy atom. The van der Waals surface area contributed by atoms with Crippen molar-refractivity contribution >= 4 is 11.8 Å². The first kappa shape index (κ1) is 14.1. The highest BCUT2D eigenvalue weighted by molar-refractivity contribution is 7.99. The number of aromatic nitrogens is 2. The molecule has 3 nitrogen and oxygen atoms in total. The van der Waals surface area contributed by atoms with E-state index in [4.69, 9.17) is 5.73 Å². The first-order valence-corrected chi connectivity index (χ1v) is 7.14. The molecular formula is C14H18FN3S. The van der Waals surface area contributed by atoms with Crippen LogP contribution in [0.5, 0.6) is 0 Å². The van der Waals surface area contributed by atoms with Gasteiger partial charge in [-0.1, -0.05) is 19.1 Å². The standard InChI is InChI=1S/C14H18FN3S/c1-3-13(16)14(10-4-6-11(15)7-5-10)19-12-8-17-18(2)9-12/h4-9,13-14H,3,16H2,1-2H3. The number of benzene rings is 1. The summed E-state index contributed by atoms with van der Waals surface area (Å²) in [6.45, 7) is 2.06. The predicted molar refractivity (Wildman–Crippen MR) is 76.5 cm³/mol. The van der Waals surface area contributed by atoms with E-state index in [0.717, 1.165) is 16.9 Å². The van der Waals surface area contributed by atoms with Crippen LogP contribution in [-0.4, -0.2) is 15.8 Å². The third-order valence-corrected chi connectivity index (χ3v) is 4.36. The van der Waals surface area contributed by atoms with Crippen molar-refractivity contribution in [2.75, 3.05) is 0 Å². The number of aryl methyl sites for hydroxylation is 1. The van der Waals surface area contributed by atoms with Gasteiger partial charge in [0.1, 0.15) is 5.82 Å². The topological polar surface area (TPSA) is 43.8 Å².